The molecule has 35 heavy (non-hydrogen) atoms. The van der Waals surface area contributed by atoms with Gasteiger partial charge in [-0.1, -0.05) is 42.0 Å². The second-order valence-corrected chi connectivity index (χ2v) is 8.55. The number of nitrogens with one attached hydrogen (secondary N) is 1. The van der Waals surface area contributed by atoms with Crippen LogP contribution in [0.25, 0.3) is 16.9 Å². The zero-order valence-electron chi connectivity index (χ0n) is 20.3. The molecule has 1 N–H and O–H groups in total. The quantitative estimate of drug-likeness (QED) is 0.420. The fraction of sp³-hybridized carbons (Fsp3) is 0.179. The summed E-state index contributed by atoms with van der Waals surface area (Å²) in [5, 5.41) is 7.72. The van der Waals surface area contributed by atoms with E-state index in [1.807, 2.05) is 56.3 Å². The third kappa shape index (κ3) is 5.58. The van der Waals surface area contributed by atoms with Crippen LogP contribution >= 0.6 is 0 Å². The van der Waals surface area contributed by atoms with E-state index in [1.165, 1.54) is 4.90 Å². The maximum absolute atomic E-state index is 13.4. The number of nitrogens with zero attached hydrogens (tertiary/aromatic N) is 3. The lowest BCUT2D eigenvalue weighted by atomic mass is 10.0. The smallest absolute Gasteiger partial charge is 0.259 e. The van der Waals surface area contributed by atoms with Crippen LogP contribution in [-0.4, -0.2) is 47.2 Å². The van der Waals surface area contributed by atoms with Gasteiger partial charge in [-0.15, -0.1) is 0 Å². The van der Waals surface area contributed by atoms with Crippen LogP contribution in [-0.2, 0) is 4.79 Å². The molecule has 0 aliphatic rings. The van der Waals surface area contributed by atoms with Crippen LogP contribution in [0.5, 0.6) is 5.75 Å². The monoisotopic (exact) mass is 468 g/mol. The lowest BCUT2D eigenvalue weighted by Crippen LogP contribution is -2.27. The molecule has 2 amide bonds. The van der Waals surface area contributed by atoms with Gasteiger partial charge < -0.3 is 15.0 Å². The average molecular weight is 469 g/mol. The van der Waals surface area contributed by atoms with Gasteiger partial charge >= 0.3 is 0 Å². The first-order valence-corrected chi connectivity index (χ1v) is 11.3. The summed E-state index contributed by atoms with van der Waals surface area (Å²) in [5.41, 5.74) is 5.67. The molecular formula is C28H28N4O3. The van der Waals surface area contributed by atoms with Gasteiger partial charge in [-0.3, -0.25) is 9.59 Å². The highest BCUT2D eigenvalue weighted by molar-refractivity contribution is 6.08. The molecule has 4 rings (SSSR count). The Bertz CT molecular complexity index is 1340. The number of amides is 2. The maximum Gasteiger partial charge on any atom is 0.259 e. The Balaban J connectivity index is 1.60. The average Bonchev–Trinajstić information content (AvgIpc) is 3.29. The molecule has 3 aromatic carbocycles. The third-order valence-electron chi connectivity index (χ3n) is 5.59. The number of likely N-dealkylation sites (N-methyl/N-ethyl adjacent to an activating group) is 1. The molecule has 0 spiro atoms. The molecule has 0 aliphatic heterocycles. The largest absolute Gasteiger partial charge is 0.484 e. The molecule has 0 radical (unpaired) electrons. The van der Waals surface area contributed by atoms with Gasteiger partial charge in [0, 0.05) is 31.5 Å². The number of rotatable bonds is 7. The van der Waals surface area contributed by atoms with Crippen molar-refractivity contribution < 1.29 is 14.3 Å². The van der Waals surface area contributed by atoms with Crippen LogP contribution in [0.3, 0.4) is 0 Å². The highest BCUT2D eigenvalue weighted by Gasteiger charge is 2.20. The van der Waals surface area contributed by atoms with Crippen LogP contribution in [0, 0.1) is 13.8 Å². The molecular weight excluding hydrogens is 440 g/mol. The number of anilines is 1. The minimum atomic E-state index is -0.265. The van der Waals surface area contributed by atoms with E-state index in [2.05, 4.69) is 11.4 Å². The van der Waals surface area contributed by atoms with Crippen molar-refractivity contribution in [2.24, 2.45) is 0 Å². The summed E-state index contributed by atoms with van der Waals surface area (Å²) in [5.74, 6) is 0.154. The van der Waals surface area contributed by atoms with Crippen LogP contribution in [0.4, 0.5) is 5.69 Å². The van der Waals surface area contributed by atoms with E-state index in [9.17, 15) is 9.59 Å². The van der Waals surface area contributed by atoms with Gasteiger partial charge in [0.2, 0.25) is 0 Å². The predicted octanol–water partition coefficient (Wildman–Crippen LogP) is 4.88. The molecule has 7 nitrogen and oxygen atoms in total. The van der Waals surface area contributed by atoms with Gasteiger partial charge in [-0.05, 0) is 55.8 Å². The molecule has 178 valence electrons. The lowest BCUT2D eigenvalue weighted by Gasteiger charge is -2.12. The zero-order chi connectivity index (χ0) is 24.9. The van der Waals surface area contributed by atoms with Crippen molar-refractivity contribution in [3.8, 4) is 22.7 Å². The third-order valence-corrected chi connectivity index (χ3v) is 5.59. The molecule has 0 bridgehead atoms. The Hall–Kier alpha value is -4.39. The van der Waals surface area contributed by atoms with Gasteiger partial charge in [0.05, 0.1) is 11.3 Å². The van der Waals surface area contributed by atoms with Crippen molar-refractivity contribution in [2.75, 3.05) is 26.0 Å². The first kappa shape index (κ1) is 23.8. The highest BCUT2D eigenvalue weighted by Crippen LogP contribution is 2.28. The van der Waals surface area contributed by atoms with E-state index >= 15 is 0 Å². The molecule has 1 aromatic heterocycles. The molecule has 1 heterocycles. The normalized spacial score (nSPS) is 10.6. The van der Waals surface area contributed by atoms with Gasteiger partial charge in [0.1, 0.15) is 11.4 Å². The molecule has 0 aliphatic carbocycles. The number of carbonyl (C=O) groups is 2. The number of ether oxygens (including phenoxy) is 1. The van der Waals surface area contributed by atoms with Crippen molar-refractivity contribution in [3.05, 3.63) is 95.7 Å². The summed E-state index contributed by atoms with van der Waals surface area (Å²) in [6, 6.07) is 22.7. The summed E-state index contributed by atoms with van der Waals surface area (Å²) in [6.07, 6.45) is 1.75. The number of hydrogen-bond donors (Lipinski definition) is 1. The first-order valence-electron chi connectivity index (χ1n) is 11.3. The van der Waals surface area contributed by atoms with Crippen molar-refractivity contribution in [3.63, 3.8) is 0 Å². The number of aryl methyl sites for hydroxylation is 2. The Kier molecular flexibility index (Phi) is 6.96. The molecule has 0 saturated carbocycles. The zero-order valence-corrected chi connectivity index (χ0v) is 20.3. The van der Waals surface area contributed by atoms with Crippen LogP contribution in [0.1, 0.15) is 21.5 Å². The van der Waals surface area contributed by atoms with Crippen LogP contribution in [0.2, 0.25) is 0 Å². The second-order valence-electron chi connectivity index (χ2n) is 8.55. The van der Waals surface area contributed by atoms with E-state index in [-0.39, 0.29) is 18.4 Å². The number of aromatic nitrogens is 2. The van der Waals surface area contributed by atoms with E-state index in [1.54, 1.807) is 49.2 Å². The minimum Gasteiger partial charge on any atom is -0.484 e. The Labute approximate surface area is 205 Å². The predicted molar refractivity (Wildman–Crippen MR) is 137 cm³/mol. The number of para-hydroxylation sites is 1. The molecule has 0 saturated heterocycles. The molecule has 4 aromatic rings. The Morgan fingerprint density at radius 1 is 0.971 bits per heavy atom. The van der Waals surface area contributed by atoms with Crippen LogP contribution < -0.4 is 10.1 Å². The first-order chi connectivity index (χ1) is 16.8. The van der Waals surface area contributed by atoms with E-state index in [0.29, 0.717) is 22.7 Å². The number of hydrogen-bond acceptors (Lipinski definition) is 4. The maximum atomic E-state index is 13.4. The Morgan fingerprint density at radius 2 is 1.69 bits per heavy atom. The second kappa shape index (κ2) is 10.3. The summed E-state index contributed by atoms with van der Waals surface area (Å²) in [7, 11) is 3.35. The fourth-order valence-electron chi connectivity index (χ4n) is 3.64. The summed E-state index contributed by atoms with van der Waals surface area (Å²) < 4.78 is 7.23. The standard InChI is InChI=1S/C28H28N4O3/c1-19-10-15-24(20(2)16-19)27-25(17-32(30-27)22-8-6-5-7-9-22)28(34)29-21-11-13-23(14-12-21)35-18-26(33)31(3)4/h5-17H,18H2,1-4H3,(H,29,34). The van der Waals surface area contributed by atoms with E-state index in [0.717, 1.165) is 22.4 Å². The minimum absolute atomic E-state index is 0.0450. The van der Waals surface area contributed by atoms with Gasteiger partial charge in [-0.25, -0.2) is 4.68 Å². The Morgan fingerprint density at radius 3 is 2.34 bits per heavy atom. The highest BCUT2D eigenvalue weighted by atomic mass is 16.5. The molecule has 0 unspecified atom stereocenters. The van der Waals surface area contributed by atoms with Crippen LogP contribution in [0.15, 0.2) is 79.0 Å². The lowest BCUT2D eigenvalue weighted by molar-refractivity contribution is -0.130. The van der Waals surface area contributed by atoms with Crippen molar-refractivity contribution in [1.82, 2.24) is 14.7 Å². The summed E-state index contributed by atoms with van der Waals surface area (Å²) in [6.45, 7) is 4.01. The summed E-state index contributed by atoms with van der Waals surface area (Å²) >= 11 is 0. The fourth-order valence-corrected chi connectivity index (χ4v) is 3.64. The van der Waals surface area contributed by atoms with Crippen molar-refractivity contribution in [2.45, 2.75) is 13.8 Å². The molecule has 0 atom stereocenters. The van der Waals surface area contributed by atoms with Crippen molar-refractivity contribution >= 4 is 17.5 Å². The van der Waals surface area contributed by atoms with E-state index < -0.39 is 0 Å². The SMILES string of the molecule is Cc1ccc(-c2nn(-c3ccccc3)cc2C(=O)Nc2ccc(OCC(=O)N(C)C)cc2)c(C)c1. The van der Waals surface area contributed by atoms with Gasteiger partial charge in [0.25, 0.3) is 11.8 Å². The number of carbonyl (C=O) groups excluding carboxylic acids is 2. The van der Waals surface area contributed by atoms with Gasteiger partial charge in [0.15, 0.2) is 6.61 Å². The number of benzene rings is 3. The summed E-state index contributed by atoms with van der Waals surface area (Å²) in [4.78, 5) is 26.5. The molecule has 0 fully saturated rings. The van der Waals surface area contributed by atoms with Gasteiger partial charge in [-0.2, -0.15) is 5.10 Å². The van der Waals surface area contributed by atoms with Crippen molar-refractivity contribution in [1.29, 1.82) is 0 Å². The van der Waals surface area contributed by atoms with E-state index in [4.69, 9.17) is 9.84 Å². The topological polar surface area (TPSA) is 76.5 Å². The molecule has 7 heteroatoms.